The fourth-order valence-corrected chi connectivity index (χ4v) is 3.80. The minimum absolute atomic E-state index is 0.0253. The summed E-state index contributed by atoms with van der Waals surface area (Å²) in [5, 5.41) is 11.4. The number of carbonyl (C=O) groups excluding carboxylic acids is 2. The van der Waals surface area contributed by atoms with Crippen molar-refractivity contribution in [2.75, 3.05) is 11.9 Å². The van der Waals surface area contributed by atoms with Crippen LogP contribution in [0.15, 0.2) is 36.7 Å². The fraction of sp³-hybridized carbons (Fsp3) is 0.350. The minimum Gasteiger partial charge on any atom is -0.356 e. The highest BCUT2D eigenvalue weighted by atomic mass is 16.2. The van der Waals surface area contributed by atoms with Crippen molar-refractivity contribution < 1.29 is 9.59 Å². The van der Waals surface area contributed by atoms with Gasteiger partial charge in [-0.15, -0.1) is 0 Å². The maximum Gasteiger partial charge on any atom is 0.259 e. The number of nitrogens with zero attached hydrogens (tertiary/aromatic N) is 3. The second-order valence-electron chi connectivity index (χ2n) is 7.15. The molecule has 140 valence electrons. The van der Waals surface area contributed by atoms with E-state index in [1.54, 1.807) is 6.20 Å². The zero-order chi connectivity index (χ0) is 19.0. The largest absolute Gasteiger partial charge is 0.356 e. The van der Waals surface area contributed by atoms with Gasteiger partial charge < -0.3 is 15.2 Å². The molecule has 4 rings (SSSR count). The van der Waals surface area contributed by atoms with E-state index in [1.165, 1.54) is 6.92 Å². The molecule has 2 N–H and O–H groups in total. The third-order valence-corrected chi connectivity index (χ3v) is 5.21. The first-order valence-corrected chi connectivity index (χ1v) is 9.17. The Labute approximate surface area is 157 Å². The molecule has 1 aliphatic heterocycles. The molecule has 27 heavy (non-hydrogen) atoms. The molecule has 1 atom stereocenters. The number of rotatable bonds is 4. The fourth-order valence-electron chi connectivity index (χ4n) is 3.80. The van der Waals surface area contributed by atoms with E-state index in [-0.39, 0.29) is 11.8 Å². The van der Waals surface area contributed by atoms with Crippen molar-refractivity contribution in [2.45, 2.75) is 26.3 Å². The maximum atomic E-state index is 13.0. The SMILES string of the molecule is CC(=O)NC[C@H]1CCn2ncc(C(=O)Nc3cccc4ccn(C)c34)c2C1. The van der Waals surface area contributed by atoms with Crippen molar-refractivity contribution in [3.8, 4) is 0 Å². The number of benzene rings is 1. The molecule has 0 saturated carbocycles. The zero-order valence-corrected chi connectivity index (χ0v) is 15.5. The number of anilines is 1. The molecule has 3 heterocycles. The zero-order valence-electron chi connectivity index (χ0n) is 15.5. The van der Waals surface area contributed by atoms with Gasteiger partial charge in [-0.2, -0.15) is 5.10 Å². The monoisotopic (exact) mass is 365 g/mol. The molecule has 0 spiro atoms. The molecule has 7 nitrogen and oxygen atoms in total. The predicted molar refractivity (Wildman–Crippen MR) is 104 cm³/mol. The number of hydrogen-bond acceptors (Lipinski definition) is 3. The summed E-state index contributed by atoms with van der Waals surface area (Å²) in [4.78, 5) is 24.1. The first-order chi connectivity index (χ1) is 13.0. The quantitative estimate of drug-likeness (QED) is 0.745. The molecule has 3 aromatic rings. The van der Waals surface area contributed by atoms with E-state index < -0.39 is 0 Å². The summed E-state index contributed by atoms with van der Waals surface area (Å²) >= 11 is 0. The summed E-state index contributed by atoms with van der Waals surface area (Å²) in [6.45, 7) is 2.92. The molecule has 0 unspecified atom stereocenters. The van der Waals surface area contributed by atoms with Gasteiger partial charge in [0.05, 0.1) is 28.7 Å². The van der Waals surface area contributed by atoms with Gasteiger partial charge >= 0.3 is 0 Å². The first kappa shape index (κ1) is 17.3. The maximum absolute atomic E-state index is 13.0. The number of para-hydroxylation sites is 1. The van der Waals surface area contributed by atoms with E-state index in [1.807, 2.05) is 46.8 Å². The normalized spacial score (nSPS) is 16.1. The van der Waals surface area contributed by atoms with Crippen molar-refractivity contribution >= 4 is 28.4 Å². The smallest absolute Gasteiger partial charge is 0.259 e. The van der Waals surface area contributed by atoms with Crippen LogP contribution in [0.3, 0.4) is 0 Å². The average Bonchev–Trinajstić information content (AvgIpc) is 3.24. The second-order valence-corrected chi connectivity index (χ2v) is 7.15. The van der Waals surface area contributed by atoms with Crippen LogP contribution in [-0.2, 0) is 24.8 Å². The van der Waals surface area contributed by atoms with Crippen LogP contribution >= 0.6 is 0 Å². The van der Waals surface area contributed by atoms with Gasteiger partial charge in [0.1, 0.15) is 0 Å². The van der Waals surface area contributed by atoms with Gasteiger partial charge in [-0.3, -0.25) is 14.3 Å². The average molecular weight is 365 g/mol. The molecule has 2 aromatic heterocycles. The second kappa shape index (κ2) is 6.90. The molecule has 0 saturated heterocycles. The van der Waals surface area contributed by atoms with Gasteiger partial charge in [0.15, 0.2) is 0 Å². The first-order valence-electron chi connectivity index (χ1n) is 9.17. The van der Waals surface area contributed by atoms with Crippen molar-refractivity contribution in [2.24, 2.45) is 13.0 Å². The Morgan fingerprint density at radius 1 is 1.30 bits per heavy atom. The van der Waals surface area contributed by atoms with E-state index in [4.69, 9.17) is 0 Å². The minimum atomic E-state index is -0.148. The summed E-state index contributed by atoms with van der Waals surface area (Å²) in [5.41, 5.74) is 3.33. The van der Waals surface area contributed by atoms with E-state index in [9.17, 15) is 9.59 Å². The molecule has 2 amide bonds. The number of hydrogen-bond donors (Lipinski definition) is 2. The van der Waals surface area contributed by atoms with Crippen LogP contribution in [0.2, 0.25) is 0 Å². The number of carbonyl (C=O) groups is 2. The lowest BCUT2D eigenvalue weighted by Gasteiger charge is -2.24. The Balaban J connectivity index is 1.56. The number of amides is 2. The van der Waals surface area contributed by atoms with Gasteiger partial charge in [0.25, 0.3) is 5.91 Å². The highest BCUT2D eigenvalue weighted by Gasteiger charge is 2.25. The van der Waals surface area contributed by atoms with Crippen LogP contribution in [0.25, 0.3) is 10.9 Å². The molecule has 7 heteroatoms. The van der Waals surface area contributed by atoms with Crippen LogP contribution < -0.4 is 10.6 Å². The van der Waals surface area contributed by atoms with Crippen molar-refractivity contribution in [1.29, 1.82) is 0 Å². The highest BCUT2D eigenvalue weighted by Crippen LogP contribution is 2.26. The molecule has 0 fully saturated rings. The number of aromatic nitrogens is 3. The molecule has 0 aliphatic carbocycles. The molecular weight excluding hydrogens is 342 g/mol. The summed E-state index contributed by atoms with van der Waals surface area (Å²) in [5.74, 6) is 0.147. The predicted octanol–water partition coefficient (Wildman–Crippen LogP) is 2.33. The summed E-state index contributed by atoms with van der Waals surface area (Å²) in [6, 6.07) is 7.91. The van der Waals surface area contributed by atoms with Crippen LogP contribution in [0.5, 0.6) is 0 Å². The number of fused-ring (bicyclic) bond motifs is 2. The van der Waals surface area contributed by atoms with E-state index in [0.717, 1.165) is 41.7 Å². The van der Waals surface area contributed by atoms with E-state index in [0.29, 0.717) is 18.0 Å². The molecule has 0 bridgehead atoms. The molecule has 0 radical (unpaired) electrons. The van der Waals surface area contributed by atoms with Crippen LogP contribution in [-0.4, -0.2) is 32.7 Å². The lowest BCUT2D eigenvalue weighted by atomic mass is 9.94. The van der Waals surface area contributed by atoms with E-state index >= 15 is 0 Å². The summed E-state index contributed by atoms with van der Waals surface area (Å²) < 4.78 is 3.91. The van der Waals surface area contributed by atoms with Crippen molar-refractivity contribution in [1.82, 2.24) is 19.7 Å². The molecule has 1 aliphatic rings. The van der Waals surface area contributed by atoms with Gasteiger partial charge in [0.2, 0.25) is 5.91 Å². The third kappa shape index (κ3) is 3.32. The van der Waals surface area contributed by atoms with Crippen molar-refractivity contribution in [3.05, 3.63) is 47.9 Å². The highest BCUT2D eigenvalue weighted by molar-refractivity contribution is 6.09. The standard InChI is InChI=1S/C20H23N5O2/c1-13(26)21-11-14-6-9-25-18(10-14)16(12-22-25)20(27)23-17-5-3-4-15-7-8-24(2)19(15)17/h3-5,7-8,12,14H,6,9-11H2,1-2H3,(H,21,26)(H,23,27)/t14-/m0/s1. The Kier molecular flexibility index (Phi) is 4.43. The third-order valence-electron chi connectivity index (χ3n) is 5.21. The lowest BCUT2D eigenvalue weighted by molar-refractivity contribution is -0.119. The van der Waals surface area contributed by atoms with Crippen molar-refractivity contribution in [3.63, 3.8) is 0 Å². The van der Waals surface area contributed by atoms with Gasteiger partial charge in [0, 0.05) is 38.6 Å². The summed E-state index contributed by atoms with van der Waals surface area (Å²) in [7, 11) is 1.96. The van der Waals surface area contributed by atoms with Crippen LogP contribution in [0.4, 0.5) is 5.69 Å². The van der Waals surface area contributed by atoms with Gasteiger partial charge in [-0.1, -0.05) is 12.1 Å². The molecule has 1 aromatic carbocycles. The Morgan fingerprint density at radius 2 is 2.15 bits per heavy atom. The van der Waals surface area contributed by atoms with Crippen LogP contribution in [0.1, 0.15) is 29.4 Å². The van der Waals surface area contributed by atoms with Gasteiger partial charge in [-0.25, -0.2) is 0 Å². The van der Waals surface area contributed by atoms with E-state index in [2.05, 4.69) is 15.7 Å². The Hall–Kier alpha value is -3.09. The Bertz CT molecular complexity index is 1020. The number of aryl methyl sites for hydroxylation is 2. The van der Waals surface area contributed by atoms with Crippen LogP contribution in [0, 0.1) is 5.92 Å². The lowest BCUT2D eigenvalue weighted by Crippen LogP contribution is -2.32. The Morgan fingerprint density at radius 3 is 2.96 bits per heavy atom. The summed E-state index contributed by atoms with van der Waals surface area (Å²) in [6.07, 6.45) is 5.31. The van der Waals surface area contributed by atoms with Gasteiger partial charge in [-0.05, 0) is 30.9 Å². The topological polar surface area (TPSA) is 80.9 Å². The number of nitrogens with one attached hydrogen (secondary N) is 2. The molecular formula is C20H23N5O2.